The van der Waals surface area contributed by atoms with E-state index in [0.29, 0.717) is 39.8 Å². The Balaban J connectivity index is 1.77. The number of para-hydroxylation sites is 1. The summed E-state index contributed by atoms with van der Waals surface area (Å²) in [6.45, 7) is 2.75. The van der Waals surface area contributed by atoms with Gasteiger partial charge in [0, 0.05) is 30.4 Å². The van der Waals surface area contributed by atoms with Gasteiger partial charge in [-0.3, -0.25) is 14.2 Å². The van der Waals surface area contributed by atoms with Gasteiger partial charge in [0.25, 0.3) is 5.56 Å². The number of thioether (sulfide) groups is 1. The first kappa shape index (κ1) is 23.7. The highest BCUT2D eigenvalue weighted by Gasteiger charge is 2.14. The summed E-state index contributed by atoms with van der Waals surface area (Å²) in [6, 6.07) is 12.5. The van der Waals surface area contributed by atoms with Crippen molar-refractivity contribution in [2.45, 2.75) is 44.3 Å². The standard InChI is InChI=1S/C24H29N3O4S/c1-4-5-6-9-12-27-23(29)20-10-7-8-11-21(20)26-24(27)32-16-22(28)25-17-13-18(30-2)15-19(14-17)31-3/h7-8,10-11,13-15H,4-6,9,12,16H2,1-3H3,(H,25,28). The Bertz CT molecular complexity index is 1110. The monoisotopic (exact) mass is 455 g/mol. The predicted octanol–water partition coefficient (Wildman–Crippen LogP) is 4.72. The molecule has 3 rings (SSSR count). The summed E-state index contributed by atoms with van der Waals surface area (Å²) in [5.74, 6) is 1.10. The lowest BCUT2D eigenvalue weighted by molar-refractivity contribution is -0.113. The van der Waals surface area contributed by atoms with Gasteiger partial charge in [0.05, 0.1) is 30.9 Å². The largest absolute Gasteiger partial charge is 0.497 e. The Morgan fingerprint density at radius 1 is 1.06 bits per heavy atom. The first-order valence-corrected chi connectivity index (χ1v) is 11.7. The number of nitrogens with zero attached hydrogens (tertiary/aromatic N) is 2. The number of amides is 1. The van der Waals surface area contributed by atoms with Gasteiger partial charge in [-0.15, -0.1) is 0 Å². The maximum Gasteiger partial charge on any atom is 0.262 e. The first-order chi connectivity index (χ1) is 15.5. The summed E-state index contributed by atoms with van der Waals surface area (Å²) in [4.78, 5) is 30.4. The highest BCUT2D eigenvalue weighted by atomic mass is 32.2. The third-order valence-corrected chi connectivity index (χ3v) is 6.01. The second-order valence-electron chi connectivity index (χ2n) is 7.37. The minimum atomic E-state index is -0.203. The molecule has 170 valence electrons. The quantitative estimate of drug-likeness (QED) is 0.256. The van der Waals surface area contributed by atoms with Crippen LogP contribution in [0.5, 0.6) is 11.5 Å². The number of hydrogen-bond acceptors (Lipinski definition) is 6. The maximum absolute atomic E-state index is 13.1. The molecule has 32 heavy (non-hydrogen) atoms. The summed E-state index contributed by atoms with van der Waals surface area (Å²) in [5, 5.41) is 4.01. The van der Waals surface area contributed by atoms with E-state index in [1.807, 2.05) is 18.2 Å². The van der Waals surface area contributed by atoms with Crippen LogP contribution in [0, 0.1) is 0 Å². The average Bonchev–Trinajstić information content (AvgIpc) is 2.81. The molecule has 7 nitrogen and oxygen atoms in total. The van der Waals surface area contributed by atoms with Crippen molar-refractivity contribution in [3.63, 3.8) is 0 Å². The Morgan fingerprint density at radius 2 is 1.78 bits per heavy atom. The first-order valence-electron chi connectivity index (χ1n) is 10.7. The third kappa shape index (κ3) is 6.03. The molecule has 1 N–H and O–H groups in total. The van der Waals surface area contributed by atoms with E-state index in [9.17, 15) is 9.59 Å². The molecule has 8 heteroatoms. The molecule has 0 aliphatic carbocycles. The molecule has 0 aliphatic rings. The van der Waals surface area contributed by atoms with Crippen LogP contribution in [0.4, 0.5) is 5.69 Å². The van der Waals surface area contributed by atoms with Crippen molar-refractivity contribution in [3.05, 3.63) is 52.8 Å². The van der Waals surface area contributed by atoms with Gasteiger partial charge in [-0.2, -0.15) is 0 Å². The van der Waals surface area contributed by atoms with Crippen molar-refractivity contribution in [2.75, 3.05) is 25.3 Å². The smallest absolute Gasteiger partial charge is 0.262 e. The van der Waals surface area contributed by atoms with Gasteiger partial charge < -0.3 is 14.8 Å². The maximum atomic E-state index is 13.1. The number of nitrogens with one attached hydrogen (secondary N) is 1. The van der Waals surface area contributed by atoms with Crippen LogP contribution in [0.2, 0.25) is 0 Å². The minimum absolute atomic E-state index is 0.0625. The Hall–Kier alpha value is -3.00. The van der Waals surface area contributed by atoms with Crippen molar-refractivity contribution in [3.8, 4) is 11.5 Å². The van der Waals surface area contributed by atoms with E-state index in [-0.39, 0.29) is 17.2 Å². The van der Waals surface area contributed by atoms with Gasteiger partial charge in [0.2, 0.25) is 5.91 Å². The van der Waals surface area contributed by atoms with Gasteiger partial charge in [-0.1, -0.05) is 50.1 Å². The van der Waals surface area contributed by atoms with Crippen LogP contribution in [-0.2, 0) is 11.3 Å². The summed E-state index contributed by atoms with van der Waals surface area (Å²) < 4.78 is 12.2. The molecular formula is C24H29N3O4S. The fourth-order valence-electron chi connectivity index (χ4n) is 3.36. The lowest BCUT2D eigenvalue weighted by Crippen LogP contribution is -2.24. The lowest BCUT2D eigenvalue weighted by atomic mass is 10.2. The Kier molecular flexibility index (Phi) is 8.56. The van der Waals surface area contributed by atoms with Crippen LogP contribution in [0.3, 0.4) is 0 Å². The number of aromatic nitrogens is 2. The molecule has 0 bridgehead atoms. The molecule has 0 unspecified atom stereocenters. The second-order valence-corrected chi connectivity index (χ2v) is 8.31. The highest BCUT2D eigenvalue weighted by molar-refractivity contribution is 7.99. The lowest BCUT2D eigenvalue weighted by Gasteiger charge is -2.13. The molecule has 0 aliphatic heterocycles. The van der Waals surface area contributed by atoms with Crippen LogP contribution < -0.4 is 20.3 Å². The van der Waals surface area contributed by atoms with E-state index in [2.05, 4.69) is 17.2 Å². The van der Waals surface area contributed by atoms with Crippen LogP contribution in [0.1, 0.15) is 32.6 Å². The molecule has 2 aromatic carbocycles. The van der Waals surface area contributed by atoms with Crippen molar-refractivity contribution < 1.29 is 14.3 Å². The van der Waals surface area contributed by atoms with Gasteiger partial charge >= 0.3 is 0 Å². The molecule has 0 fully saturated rings. The van der Waals surface area contributed by atoms with Gasteiger partial charge in [-0.25, -0.2) is 4.98 Å². The van der Waals surface area contributed by atoms with Crippen LogP contribution in [0.25, 0.3) is 10.9 Å². The molecule has 3 aromatic rings. The van der Waals surface area contributed by atoms with E-state index < -0.39 is 0 Å². The van der Waals surface area contributed by atoms with Crippen molar-refractivity contribution in [1.82, 2.24) is 9.55 Å². The number of anilines is 1. The number of methoxy groups -OCH3 is 2. The van der Waals surface area contributed by atoms with Gasteiger partial charge in [0.15, 0.2) is 5.16 Å². The number of hydrogen-bond donors (Lipinski definition) is 1. The molecule has 0 saturated carbocycles. The SMILES string of the molecule is CCCCCCn1c(SCC(=O)Nc2cc(OC)cc(OC)c2)nc2ccccc2c1=O. The number of fused-ring (bicyclic) bond motifs is 1. The number of carbonyl (C=O) groups is 1. The summed E-state index contributed by atoms with van der Waals surface area (Å²) in [5.41, 5.74) is 1.16. The molecule has 1 aromatic heterocycles. The van der Waals surface area contributed by atoms with Crippen LogP contribution >= 0.6 is 11.8 Å². The summed E-state index contributed by atoms with van der Waals surface area (Å²) in [7, 11) is 3.11. The predicted molar refractivity (Wildman–Crippen MR) is 129 cm³/mol. The highest BCUT2D eigenvalue weighted by Crippen LogP contribution is 2.26. The molecule has 1 heterocycles. The Morgan fingerprint density at radius 3 is 2.47 bits per heavy atom. The van der Waals surface area contributed by atoms with E-state index in [0.717, 1.165) is 25.7 Å². The molecule has 0 radical (unpaired) electrons. The zero-order chi connectivity index (χ0) is 22.9. The van der Waals surface area contributed by atoms with E-state index in [1.54, 1.807) is 43.1 Å². The number of ether oxygens (including phenoxy) is 2. The Labute approximate surface area is 192 Å². The normalized spacial score (nSPS) is 10.8. The molecule has 0 spiro atoms. The van der Waals surface area contributed by atoms with Gasteiger partial charge in [0.1, 0.15) is 11.5 Å². The molecule has 0 saturated heterocycles. The van der Waals surface area contributed by atoms with Crippen molar-refractivity contribution >= 4 is 34.3 Å². The van der Waals surface area contributed by atoms with Crippen molar-refractivity contribution in [1.29, 1.82) is 0 Å². The third-order valence-electron chi connectivity index (χ3n) is 5.03. The topological polar surface area (TPSA) is 82.5 Å². The number of unbranched alkanes of at least 4 members (excludes halogenated alkanes) is 3. The van der Waals surface area contributed by atoms with Gasteiger partial charge in [-0.05, 0) is 18.6 Å². The molecular weight excluding hydrogens is 426 g/mol. The second kappa shape index (κ2) is 11.6. The zero-order valence-electron chi connectivity index (χ0n) is 18.7. The molecule has 0 atom stereocenters. The van der Waals surface area contributed by atoms with E-state index >= 15 is 0 Å². The van der Waals surface area contributed by atoms with Crippen LogP contribution in [-0.4, -0.2) is 35.4 Å². The minimum Gasteiger partial charge on any atom is -0.497 e. The fourth-order valence-corrected chi connectivity index (χ4v) is 4.18. The van der Waals surface area contributed by atoms with Crippen molar-refractivity contribution in [2.24, 2.45) is 0 Å². The number of carbonyl (C=O) groups excluding carboxylic acids is 1. The number of benzene rings is 2. The average molecular weight is 456 g/mol. The van der Waals surface area contributed by atoms with E-state index in [1.165, 1.54) is 11.8 Å². The summed E-state index contributed by atoms with van der Waals surface area (Å²) in [6.07, 6.45) is 4.21. The van der Waals surface area contributed by atoms with Crippen LogP contribution in [0.15, 0.2) is 52.4 Å². The summed E-state index contributed by atoms with van der Waals surface area (Å²) >= 11 is 1.26. The zero-order valence-corrected chi connectivity index (χ0v) is 19.5. The molecule has 1 amide bonds. The van der Waals surface area contributed by atoms with E-state index in [4.69, 9.17) is 9.47 Å². The number of rotatable bonds is 11. The fraction of sp³-hybridized carbons (Fsp3) is 0.375.